The van der Waals surface area contributed by atoms with Crippen LogP contribution in [0, 0.1) is 48.9 Å². The van der Waals surface area contributed by atoms with Gasteiger partial charge < -0.3 is 121 Å². The van der Waals surface area contributed by atoms with Crippen LogP contribution in [0.25, 0.3) is 0 Å². The van der Waals surface area contributed by atoms with Gasteiger partial charge in [-0.2, -0.15) is 0 Å². The van der Waals surface area contributed by atoms with Gasteiger partial charge in [0.25, 0.3) is 0 Å². The lowest BCUT2D eigenvalue weighted by atomic mass is 10.0. The van der Waals surface area contributed by atoms with Gasteiger partial charge in [0.15, 0.2) is 0 Å². The third-order valence-corrected chi connectivity index (χ3v) is 14.5. The molecule has 0 bridgehead atoms. The number of fused-ring (bicyclic) bond motifs is 2. The molecule has 31 nitrogen and oxygen atoms in total. The van der Waals surface area contributed by atoms with Crippen molar-refractivity contribution in [3.05, 3.63) is 65.2 Å². The second-order valence-corrected chi connectivity index (χ2v) is 23.0. The number of terminal acetylenes is 3. The van der Waals surface area contributed by atoms with Crippen LogP contribution in [-0.2, 0) is 125 Å². The van der Waals surface area contributed by atoms with Crippen molar-refractivity contribution in [2.45, 2.75) is 50.6 Å². The minimum absolute atomic E-state index is 0.0174. The molecular formula is C76H114N6O25. The van der Waals surface area contributed by atoms with Gasteiger partial charge >= 0.3 is 0 Å². The number of nitrogens with zero attached hydrogens (tertiary/aromatic N) is 1. The molecule has 31 heteroatoms. The highest BCUT2D eigenvalue weighted by Crippen LogP contribution is 2.26. The maximum atomic E-state index is 13.8. The number of rotatable bonds is 73. The molecule has 0 aliphatic carbocycles. The summed E-state index contributed by atoms with van der Waals surface area (Å²) in [4.78, 5) is 80.3. The van der Waals surface area contributed by atoms with E-state index in [-0.39, 0.29) is 220 Å². The maximum absolute atomic E-state index is 13.8. The lowest BCUT2D eigenvalue weighted by molar-refractivity contribution is -0.131. The van der Waals surface area contributed by atoms with Crippen LogP contribution in [-0.4, -0.2) is 318 Å². The molecule has 0 atom stereocenters. The average molecular weight is 1510 g/mol. The Balaban J connectivity index is 1.44. The van der Waals surface area contributed by atoms with Crippen LogP contribution in [0.2, 0.25) is 0 Å². The third kappa shape index (κ3) is 53.2. The van der Waals surface area contributed by atoms with Gasteiger partial charge in [-0.3, -0.25) is 28.8 Å². The molecule has 0 radical (unpaired) electrons. The molecule has 2 aromatic carbocycles. The van der Waals surface area contributed by atoms with Gasteiger partial charge in [0.2, 0.25) is 35.4 Å². The molecule has 107 heavy (non-hydrogen) atoms. The number of amides is 6. The Hall–Kier alpha value is -7.26. The van der Waals surface area contributed by atoms with E-state index in [0.717, 1.165) is 16.7 Å². The van der Waals surface area contributed by atoms with Crippen molar-refractivity contribution in [2.75, 3.05) is 282 Å². The predicted molar refractivity (Wildman–Crippen MR) is 393 cm³/mol. The minimum Gasteiger partial charge on any atom is -0.379 e. The largest absolute Gasteiger partial charge is 0.379 e. The normalized spacial score (nSPS) is 11.6. The van der Waals surface area contributed by atoms with Crippen molar-refractivity contribution in [1.29, 1.82) is 0 Å². The van der Waals surface area contributed by atoms with Crippen molar-refractivity contribution in [3.63, 3.8) is 0 Å². The molecule has 0 spiro atoms. The lowest BCUT2D eigenvalue weighted by Gasteiger charge is -2.34. The van der Waals surface area contributed by atoms with Crippen LogP contribution in [0.15, 0.2) is 48.5 Å². The van der Waals surface area contributed by atoms with E-state index in [1.807, 2.05) is 48.5 Å². The lowest BCUT2D eigenvalue weighted by Crippen LogP contribution is -2.59. The minimum atomic E-state index is -1.38. The first kappa shape index (κ1) is 93.9. The fraction of sp³-hybridized carbons (Fsp3) is 0.658. The van der Waals surface area contributed by atoms with Crippen molar-refractivity contribution < 1.29 is 119 Å². The van der Waals surface area contributed by atoms with Gasteiger partial charge in [-0.05, 0) is 23.8 Å². The van der Waals surface area contributed by atoms with E-state index in [0.29, 0.717) is 138 Å². The van der Waals surface area contributed by atoms with E-state index in [9.17, 15) is 28.8 Å². The Morgan fingerprint density at radius 2 is 0.607 bits per heavy atom. The molecule has 5 N–H and O–H groups in total. The van der Waals surface area contributed by atoms with Crippen LogP contribution in [0.5, 0.6) is 0 Å². The Morgan fingerprint density at radius 1 is 0.327 bits per heavy atom. The summed E-state index contributed by atoms with van der Waals surface area (Å²) >= 11 is 0. The highest BCUT2D eigenvalue weighted by Gasteiger charge is 2.34. The highest BCUT2D eigenvalue weighted by molar-refractivity contribution is 5.97. The van der Waals surface area contributed by atoms with Crippen LogP contribution < -0.4 is 31.5 Å². The molecule has 0 unspecified atom stereocenters. The summed E-state index contributed by atoms with van der Waals surface area (Å²) in [7, 11) is 0. The van der Waals surface area contributed by atoms with Gasteiger partial charge in [-0.1, -0.05) is 59.9 Å². The van der Waals surface area contributed by atoms with E-state index in [1.54, 1.807) is 4.90 Å². The molecule has 0 fully saturated rings. The van der Waals surface area contributed by atoms with Crippen LogP contribution >= 0.6 is 0 Å². The topological polar surface area (TPSA) is 341 Å². The van der Waals surface area contributed by atoms with Gasteiger partial charge in [-0.15, -0.1) is 19.3 Å². The quantitative estimate of drug-likeness (QED) is 0.0452. The zero-order chi connectivity index (χ0) is 76.7. The summed E-state index contributed by atoms with van der Waals surface area (Å²) in [6, 6.07) is 15.2. The summed E-state index contributed by atoms with van der Waals surface area (Å²) in [5.74, 6) is 11.8. The fourth-order valence-corrected chi connectivity index (χ4v) is 9.15. The van der Waals surface area contributed by atoms with E-state index < -0.39 is 11.4 Å². The van der Waals surface area contributed by atoms with Crippen LogP contribution in [0.1, 0.15) is 55.2 Å². The first-order chi connectivity index (χ1) is 52.6. The van der Waals surface area contributed by atoms with Crippen molar-refractivity contribution in [3.8, 4) is 48.9 Å². The number of benzene rings is 2. The average Bonchev–Trinajstić information content (AvgIpc) is 0.806. The molecule has 2 aromatic rings. The number of anilines is 1. The number of hydrogen-bond acceptors (Lipinski definition) is 25. The number of para-hydroxylation sites is 1. The molecule has 6 amide bonds. The van der Waals surface area contributed by atoms with Crippen LogP contribution in [0.4, 0.5) is 5.69 Å². The highest BCUT2D eigenvalue weighted by atomic mass is 16.6. The maximum Gasteiger partial charge on any atom is 0.227 e. The van der Waals surface area contributed by atoms with Gasteiger partial charge in [0.05, 0.1) is 243 Å². The van der Waals surface area contributed by atoms with Crippen molar-refractivity contribution in [2.24, 2.45) is 0 Å². The van der Waals surface area contributed by atoms with E-state index in [1.165, 1.54) is 0 Å². The second kappa shape index (κ2) is 68.0. The Kier molecular flexibility index (Phi) is 59.7. The molecule has 1 heterocycles. The number of ether oxygens (including phenoxy) is 19. The second-order valence-electron chi connectivity index (χ2n) is 23.0. The standard InChI is InChI=1S/C76H114N6O25/c1-4-27-89-38-46-97-54-58-101-51-43-94-35-24-78-71(84)19-31-105-63-76(64-106-32-20-72(85)79-25-36-95-44-52-102-59-55-98-47-39-90-28-5-2,65-107-33-21-73(86)80-26-37-96-45-53-103-60-56-99-48-40-91-29-6-3)81-74(87)22-30-92-41-49-100-57-61-104-50-42-93-34-23-77-70(83)17-18-75(88)82-62-68-13-8-7-11-66(68)15-16-67-12-9-10-14-69(67)82/h1-3,7-14H,17-65H2,(H,77,83)(H,78,84)(H,79,85)(H,80,86)(H,81,87). The zero-order valence-electron chi connectivity index (χ0n) is 62.2. The molecule has 0 aromatic heterocycles. The fourth-order valence-electron chi connectivity index (χ4n) is 9.15. The number of carbonyl (C=O) groups excluding carboxylic acids is 6. The summed E-state index contributed by atoms with van der Waals surface area (Å²) in [6.07, 6.45) is 15.3. The SMILES string of the molecule is C#CCOCCOCCOCCOCCNC(=O)CCOCC(COCCC(=O)NCCOCCOCCOCCOCC#C)(COCCC(=O)NCCOCCOCCOCCOCC#C)NC(=O)CCOCCOCCOCCOCCNC(=O)CCC(=O)N1Cc2ccccc2C#Cc2ccccc21. The predicted octanol–water partition coefficient (Wildman–Crippen LogP) is 0.808. The summed E-state index contributed by atoms with van der Waals surface area (Å²) < 4.78 is 106. The van der Waals surface area contributed by atoms with E-state index in [2.05, 4.69) is 56.2 Å². The van der Waals surface area contributed by atoms with E-state index >= 15 is 0 Å². The van der Waals surface area contributed by atoms with Crippen LogP contribution in [0.3, 0.4) is 0 Å². The Morgan fingerprint density at radius 3 is 0.972 bits per heavy atom. The van der Waals surface area contributed by atoms with Crippen molar-refractivity contribution >= 4 is 41.1 Å². The molecule has 1 aliphatic rings. The molecule has 0 saturated heterocycles. The first-order valence-electron chi connectivity index (χ1n) is 36.2. The van der Waals surface area contributed by atoms with Gasteiger partial charge in [0.1, 0.15) is 25.4 Å². The van der Waals surface area contributed by atoms with Gasteiger partial charge in [-0.25, -0.2) is 0 Å². The molecule has 3 rings (SSSR count). The molecular weight excluding hydrogens is 1400 g/mol. The third-order valence-electron chi connectivity index (χ3n) is 14.5. The van der Waals surface area contributed by atoms with Crippen molar-refractivity contribution in [1.82, 2.24) is 26.6 Å². The first-order valence-corrected chi connectivity index (χ1v) is 36.2. The summed E-state index contributed by atoms with van der Waals surface area (Å²) in [5, 5.41) is 14.2. The summed E-state index contributed by atoms with van der Waals surface area (Å²) in [5.41, 5.74) is 1.87. The van der Waals surface area contributed by atoms with E-state index in [4.69, 9.17) is 109 Å². The number of hydrogen-bond donors (Lipinski definition) is 5. The smallest absolute Gasteiger partial charge is 0.227 e. The van der Waals surface area contributed by atoms with Gasteiger partial charge in [0, 0.05) is 75.8 Å². The molecule has 1 aliphatic heterocycles. The monoisotopic (exact) mass is 1510 g/mol. The Labute approximate surface area is 630 Å². The molecule has 598 valence electrons. The Bertz CT molecular complexity index is 2710. The number of nitrogens with one attached hydrogen (secondary N) is 5. The summed E-state index contributed by atoms with van der Waals surface area (Å²) in [6.45, 7) is 10.5. The zero-order valence-corrected chi connectivity index (χ0v) is 62.2. The molecule has 0 saturated carbocycles. The number of carbonyl (C=O) groups is 6.